The van der Waals surface area contributed by atoms with Crippen LogP contribution in [0.4, 0.5) is 26.3 Å². The van der Waals surface area contributed by atoms with E-state index in [0.29, 0.717) is 6.92 Å². The summed E-state index contributed by atoms with van der Waals surface area (Å²) in [6, 6.07) is -0.0972. The summed E-state index contributed by atoms with van der Waals surface area (Å²) in [4.78, 5) is 11.0. The Labute approximate surface area is 96.8 Å². The molecule has 0 aromatic heterocycles. The number of aromatic hydroxyl groups is 1. The van der Waals surface area contributed by atoms with E-state index in [9.17, 15) is 31.1 Å². The zero-order chi connectivity index (χ0) is 14.3. The van der Waals surface area contributed by atoms with Crippen LogP contribution in [0.1, 0.15) is 28.4 Å². The minimum Gasteiger partial charge on any atom is -0.507 e. The maximum absolute atomic E-state index is 12.5. The van der Waals surface area contributed by atoms with Crippen LogP contribution in [0.2, 0.25) is 0 Å². The summed E-state index contributed by atoms with van der Waals surface area (Å²) >= 11 is 0. The lowest BCUT2D eigenvalue weighted by molar-refractivity contribution is -0.142. The Morgan fingerprint density at radius 2 is 1.44 bits per heavy atom. The summed E-state index contributed by atoms with van der Waals surface area (Å²) in [7, 11) is 0. The molecule has 1 N–H and O–H groups in total. The van der Waals surface area contributed by atoms with Gasteiger partial charge in [0.2, 0.25) is 0 Å². The Balaban J connectivity index is 3.60. The molecule has 0 unspecified atom stereocenters. The molecule has 1 aromatic rings. The molecule has 18 heavy (non-hydrogen) atoms. The summed E-state index contributed by atoms with van der Waals surface area (Å²) in [5.41, 5.74) is -4.41. The standard InChI is InChI=1S/C10H6F6O2/c1-4(17)5-2-7(10(14,15)16)8(18)3-6(5)9(11,12)13/h2-3,18H,1H3. The number of halogens is 6. The highest BCUT2D eigenvalue weighted by molar-refractivity contribution is 5.96. The Morgan fingerprint density at radius 3 is 1.78 bits per heavy atom. The van der Waals surface area contributed by atoms with Crippen molar-refractivity contribution in [2.45, 2.75) is 19.3 Å². The highest BCUT2D eigenvalue weighted by Gasteiger charge is 2.40. The molecule has 0 heterocycles. The molecule has 0 spiro atoms. The van der Waals surface area contributed by atoms with Crippen molar-refractivity contribution in [3.05, 3.63) is 28.8 Å². The fourth-order valence-electron chi connectivity index (χ4n) is 1.34. The maximum Gasteiger partial charge on any atom is 0.419 e. The predicted octanol–water partition coefficient (Wildman–Crippen LogP) is 3.63. The molecule has 100 valence electrons. The van der Waals surface area contributed by atoms with E-state index in [1.54, 1.807) is 0 Å². The number of phenols is 1. The first-order valence-electron chi connectivity index (χ1n) is 4.47. The van der Waals surface area contributed by atoms with Crippen molar-refractivity contribution in [1.82, 2.24) is 0 Å². The lowest BCUT2D eigenvalue weighted by Crippen LogP contribution is -2.15. The van der Waals surface area contributed by atoms with Gasteiger partial charge in [-0.3, -0.25) is 4.79 Å². The van der Waals surface area contributed by atoms with Crippen molar-refractivity contribution in [1.29, 1.82) is 0 Å². The van der Waals surface area contributed by atoms with Crippen molar-refractivity contribution in [2.24, 2.45) is 0 Å². The monoisotopic (exact) mass is 272 g/mol. The molecular weight excluding hydrogens is 266 g/mol. The van der Waals surface area contributed by atoms with E-state index in [4.69, 9.17) is 5.11 Å². The van der Waals surface area contributed by atoms with E-state index in [1.165, 1.54) is 0 Å². The first-order chi connectivity index (χ1) is 7.94. The summed E-state index contributed by atoms with van der Waals surface area (Å²) in [5.74, 6) is -2.74. The van der Waals surface area contributed by atoms with Gasteiger partial charge < -0.3 is 5.11 Å². The number of hydrogen-bond acceptors (Lipinski definition) is 2. The third-order valence-corrected chi connectivity index (χ3v) is 2.13. The summed E-state index contributed by atoms with van der Waals surface area (Å²) in [5, 5.41) is 8.97. The van der Waals surface area contributed by atoms with Gasteiger partial charge in [-0.1, -0.05) is 0 Å². The predicted molar refractivity (Wildman–Crippen MR) is 48.1 cm³/mol. The minimum atomic E-state index is -5.04. The highest BCUT2D eigenvalue weighted by atomic mass is 19.4. The van der Waals surface area contributed by atoms with Gasteiger partial charge in [0.15, 0.2) is 5.78 Å². The Bertz CT molecular complexity index is 486. The number of phenolic OH excluding ortho intramolecular Hbond substituents is 1. The third-order valence-electron chi connectivity index (χ3n) is 2.13. The normalized spacial score (nSPS) is 12.6. The minimum absolute atomic E-state index is 0.000486. The number of carbonyl (C=O) groups is 1. The van der Waals surface area contributed by atoms with Gasteiger partial charge in [-0.25, -0.2) is 0 Å². The second-order valence-electron chi connectivity index (χ2n) is 3.47. The Hall–Kier alpha value is -1.73. The van der Waals surface area contributed by atoms with Crippen LogP contribution in [0.3, 0.4) is 0 Å². The van der Waals surface area contributed by atoms with Crippen LogP contribution in [0.5, 0.6) is 5.75 Å². The fourth-order valence-corrected chi connectivity index (χ4v) is 1.34. The molecule has 0 saturated carbocycles. The largest absolute Gasteiger partial charge is 0.507 e. The Kier molecular flexibility index (Phi) is 3.33. The third kappa shape index (κ3) is 2.74. The first-order valence-corrected chi connectivity index (χ1v) is 4.47. The van der Waals surface area contributed by atoms with E-state index in [-0.39, 0.29) is 12.1 Å². The van der Waals surface area contributed by atoms with E-state index in [0.717, 1.165) is 0 Å². The maximum atomic E-state index is 12.5. The second kappa shape index (κ2) is 4.18. The average molecular weight is 272 g/mol. The van der Waals surface area contributed by atoms with E-state index < -0.39 is 40.6 Å². The number of ketones is 1. The molecular formula is C10H6F6O2. The van der Waals surface area contributed by atoms with Crippen LogP contribution >= 0.6 is 0 Å². The zero-order valence-electron chi connectivity index (χ0n) is 8.78. The average Bonchev–Trinajstić information content (AvgIpc) is 2.13. The van der Waals surface area contributed by atoms with Crippen molar-refractivity contribution in [3.8, 4) is 5.75 Å². The van der Waals surface area contributed by atoms with Gasteiger partial charge in [-0.05, 0) is 19.1 Å². The highest BCUT2D eigenvalue weighted by Crippen LogP contribution is 2.41. The van der Waals surface area contributed by atoms with Gasteiger partial charge in [0.05, 0.1) is 11.1 Å². The number of benzene rings is 1. The van der Waals surface area contributed by atoms with Crippen LogP contribution in [0, 0.1) is 0 Å². The number of alkyl halides is 6. The van der Waals surface area contributed by atoms with Gasteiger partial charge in [0, 0.05) is 5.56 Å². The fraction of sp³-hybridized carbons (Fsp3) is 0.300. The number of Topliss-reactive ketones (excluding diaryl/α,β-unsaturated/α-hetero) is 1. The molecule has 0 aliphatic heterocycles. The molecule has 0 fully saturated rings. The van der Waals surface area contributed by atoms with Crippen molar-refractivity contribution < 1.29 is 36.2 Å². The molecule has 0 radical (unpaired) electrons. The molecule has 0 atom stereocenters. The smallest absolute Gasteiger partial charge is 0.419 e. The molecule has 2 nitrogen and oxygen atoms in total. The van der Waals surface area contributed by atoms with E-state index in [2.05, 4.69) is 0 Å². The quantitative estimate of drug-likeness (QED) is 0.626. The van der Waals surface area contributed by atoms with Crippen LogP contribution in [-0.4, -0.2) is 10.9 Å². The molecule has 8 heteroatoms. The topological polar surface area (TPSA) is 37.3 Å². The van der Waals surface area contributed by atoms with Crippen LogP contribution < -0.4 is 0 Å². The second-order valence-corrected chi connectivity index (χ2v) is 3.47. The number of hydrogen-bond donors (Lipinski definition) is 1. The summed E-state index contributed by atoms with van der Waals surface area (Å²) < 4.78 is 74.5. The van der Waals surface area contributed by atoms with Crippen LogP contribution in [0.25, 0.3) is 0 Å². The molecule has 0 amide bonds. The lowest BCUT2D eigenvalue weighted by Gasteiger charge is -2.15. The Morgan fingerprint density at radius 1 is 1.00 bits per heavy atom. The van der Waals surface area contributed by atoms with E-state index >= 15 is 0 Å². The van der Waals surface area contributed by atoms with Crippen molar-refractivity contribution in [3.63, 3.8) is 0 Å². The van der Waals surface area contributed by atoms with Gasteiger partial charge in [0.1, 0.15) is 5.75 Å². The van der Waals surface area contributed by atoms with Gasteiger partial charge in [-0.15, -0.1) is 0 Å². The molecule has 0 bridgehead atoms. The summed E-state index contributed by atoms with van der Waals surface area (Å²) in [6.45, 7) is 0.710. The zero-order valence-corrected chi connectivity index (χ0v) is 8.78. The van der Waals surface area contributed by atoms with Gasteiger partial charge in [-0.2, -0.15) is 26.3 Å². The molecule has 1 rings (SSSR count). The molecule has 0 aliphatic rings. The van der Waals surface area contributed by atoms with E-state index in [1.807, 2.05) is 0 Å². The summed E-state index contributed by atoms with van der Waals surface area (Å²) in [6.07, 6.45) is -10.1. The lowest BCUT2D eigenvalue weighted by atomic mass is 9.99. The first kappa shape index (κ1) is 14.3. The molecule has 0 saturated heterocycles. The van der Waals surface area contributed by atoms with Crippen molar-refractivity contribution in [2.75, 3.05) is 0 Å². The van der Waals surface area contributed by atoms with Crippen molar-refractivity contribution >= 4 is 5.78 Å². The van der Waals surface area contributed by atoms with Crippen LogP contribution in [-0.2, 0) is 12.4 Å². The van der Waals surface area contributed by atoms with Gasteiger partial charge in [0.25, 0.3) is 0 Å². The van der Waals surface area contributed by atoms with Gasteiger partial charge >= 0.3 is 12.4 Å². The van der Waals surface area contributed by atoms with Crippen LogP contribution in [0.15, 0.2) is 12.1 Å². The number of rotatable bonds is 1. The SMILES string of the molecule is CC(=O)c1cc(C(F)(F)F)c(O)cc1C(F)(F)F. The molecule has 1 aromatic carbocycles. The number of carbonyl (C=O) groups excluding carboxylic acids is 1. The molecule has 0 aliphatic carbocycles.